The van der Waals surface area contributed by atoms with Crippen molar-refractivity contribution in [2.75, 3.05) is 38.7 Å². The number of nitrogens with one attached hydrogen (secondary N) is 1. The number of piperazine rings is 1. The molecule has 1 aliphatic rings. The molecule has 2 aromatic rings. The van der Waals surface area contributed by atoms with Crippen molar-refractivity contribution in [3.05, 3.63) is 54.1 Å². The minimum absolute atomic E-state index is 0.140. The summed E-state index contributed by atoms with van der Waals surface area (Å²) in [6.45, 7) is 0.728. The summed E-state index contributed by atoms with van der Waals surface area (Å²) in [7, 11) is 3.98. The Kier molecular flexibility index (Phi) is 5.76. The Bertz CT molecular complexity index is 835. The standard InChI is InChI=1S/C21H25N3O3/c1-23(2)18-8-4-6-16(14-18)15-5-3-7-17(13-15)21(27)24-11-10-22-20(26)19(24)9-12-25/h3-8,13-14,19,25H,9-12H2,1-2H3,(H,22,26)/t19-/m0/s1. The molecular formula is C21H25N3O3. The van der Waals surface area contributed by atoms with Crippen molar-refractivity contribution >= 4 is 17.5 Å². The van der Waals surface area contributed by atoms with E-state index in [1.807, 2.05) is 55.4 Å². The number of aliphatic hydroxyl groups is 1. The Morgan fingerprint density at radius 1 is 1.19 bits per heavy atom. The fourth-order valence-electron chi connectivity index (χ4n) is 3.33. The third-order valence-electron chi connectivity index (χ3n) is 4.80. The van der Waals surface area contributed by atoms with Crippen LogP contribution in [0.15, 0.2) is 48.5 Å². The number of amides is 2. The SMILES string of the molecule is CN(C)c1cccc(-c2cccc(C(=O)N3CCNC(=O)[C@@H]3CCO)c2)c1. The number of anilines is 1. The number of rotatable bonds is 5. The van der Waals surface area contributed by atoms with E-state index < -0.39 is 6.04 Å². The van der Waals surface area contributed by atoms with Crippen molar-refractivity contribution in [3.8, 4) is 11.1 Å². The largest absolute Gasteiger partial charge is 0.396 e. The molecule has 6 nitrogen and oxygen atoms in total. The topological polar surface area (TPSA) is 72.9 Å². The summed E-state index contributed by atoms with van der Waals surface area (Å²) in [5.74, 6) is -0.396. The van der Waals surface area contributed by atoms with Crippen molar-refractivity contribution in [1.82, 2.24) is 10.2 Å². The molecule has 1 saturated heterocycles. The van der Waals surface area contributed by atoms with Crippen LogP contribution in [-0.2, 0) is 4.79 Å². The van der Waals surface area contributed by atoms with E-state index in [4.69, 9.17) is 0 Å². The number of carbonyl (C=O) groups excluding carboxylic acids is 2. The van der Waals surface area contributed by atoms with Gasteiger partial charge in [0.15, 0.2) is 0 Å². The van der Waals surface area contributed by atoms with Crippen LogP contribution in [0.5, 0.6) is 0 Å². The Morgan fingerprint density at radius 3 is 2.59 bits per heavy atom. The molecule has 1 atom stereocenters. The second-order valence-electron chi connectivity index (χ2n) is 6.84. The third kappa shape index (κ3) is 4.11. The van der Waals surface area contributed by atoms with E-state index in [-0.39, 0.29) is 24.8 Å². The van der Waals surface area contributed by atoms with Gasteiger partial charge in [0.05, 0.1) is 0 Å². The molecule has 0 bridgehead atoms. The van der Waals surface area contributed by atoms with Gasteiger partial charge in [-0.15, -0.1) is 0 Å². The van der Waals surface area contributed by atoms with Crippen molar-refractivity contribution in [3.63, 3.8) is 0 Å². The lowest BCUT2D eigenvalue weighted by Crippen LogP contribution is -2.57. The highest BCUT2D eigenvalue weighted by Gasteiger charge is 2.33. The average molecular weight is 367 g/mol. The first-order valence-corrected chi connectivity index (χ1v) is 9.08. The van der Waals surface area contributed by atoms with Gasteiger partial charge in [-0.05, 0) is 41.8 Å². The molecule has 27 heavy (non-hydrogen) atoms. The van der Waals surface area contributed by atoms with Gasteiger partial charge >= 0.3 is 0 Å². The molecule has 6 heteroatoms. The summed E-state index contributed by atoms with van der Waals surface area (Å²) in [5, 5.41) is 12.0. The third-order valence-corrected chi connectivity index (χ3v) is 4.80. The van der Waals surface area contributed by atoms with Crippen LogP contribution in [0.3, 0.4) is 0 Å². The Hall–Kier alpha value is -2.86. The summed E-state index contributed by atoms with van der Waals surface area (Å²) >= 11 is 0. The maximum atomic E-state index is 13.0. The molecule has 0 saturated carbocycles. The zero-order chi connectivity index (χ0) is 19.4. The maximum Gasteiger partial charge on any atom is 0.254 e. The van der Waals surface area contributed by atoms with Crippen LogP contribution in [0.1, 0.15) is 16.8 Å². The first-order valence-electron chi connectivity index (χ1n) is 9.08. The van der Waals surface area contributed by atoms with Crippen LogP contribution >= 0.6 is 0 Å². The molecule has 0 aromatic heterocycles. The van der Waals surface area contributed by atoms with Crippen LogP contribution < -0.4 is 10.2 Å². The lowest BCUT2D eigenvalue weighted by Gasteiger charge is -2.35. The molecule has 1 fully saturated rings. The molecule has 3 rings (SSSR count). The van der Waals surface area contributed by atoms with Gasteiger partial charge in [-0.25, -0.2) is 0 Å². The van der Waals surface area contributed by atoms with Crippen molar-refractivity contribution in [2.24, 2.45) is 0 Å². The maximum absolute atomic E-state index is 13.0. The number of nitrogens with zero attached hydrogens (tertiary/aromatic N) is 2. The van der Waals surface area contributed by atoms with E-state index in [2.05, 4.69) is 11.4 Å². The fraction of sp³-hybridized carbons (Fsp3) is 0.333. The van der Waals surface area contributed by atoms with E-state index in [1.165, 1.54) is 0 Å². The van der Waals surface area contributed by atoms with Crippen LogP contribution in [-0.4, -0.2) is 61.7 Å². The second-order valence-corrected chi connectivity index (χ2v) is 6.84. The smallest absolute Gasteiger partial charge is 0.254 e. The molecule has 142 valence electrons. The molecule has 2 amide bonds. The van der Waals surface area contributed by atoms with Crippen molar-refractivity contribution < 1.29 is 14.7 Å². The summed E-state index contributed by atoms with van der Waals surface area (Å²) in [6.07, 6.45) is 0.238. The number of carbonyl (C=O) groups is 2. The first-order chi connectivity index (χ1) is 13.0. The molecule has 0 unspecified atom stereocenters. The molecule has 1 aliphatic heterocycles. The first kappa shape index (κ1) is 18.9. The molecule has 0 radical (unpaired) electrons. The van der Waals surface area contributed by atoms with E-state index in [9.17, 15) is 14.7 Å². The zero-order valence-corrected chi connectivity index (χ0v) is 15.7. The van der Waals surface area contributed by atoms with Gasteiger partial charge in [0.25, 0.3) is 5.91 Å². The molecular weight excluding hydrogens is 342 g/mol. The van der Waals surface area contributed by atoms with E-state index in [0.29, 0.717) is 18.7 Å². The van der Waals surface area contributed by atoms with Crippen LogP contribution in [0.2, 0.25) is 0 Å². The van der Waals surface area contributed by atoms with Gasteiger partial charge in [-0.1, -0.05) is 24.3 Å². The van der Waals surface area contributed by atoms with Gasteiger partial charge in [0.2, 0.25) is 5.91 Å². The highest BCUT2D eigenvalue weighted by atomic mass is 16.3. The highest BCUT2D eigenvalue weighted by molar-refractivity contribution is 5.99. The second kappa shape index (κ2) is 8.22. The average Bonchev–Trinajstić information content (AvgIpc) is 2.69. The zero-order valence-electron chi connectivity index (χ0n) is 15.7. The number of hydrogen-bond acceptors (Lipinski definition) is 4. The van der Waals surface area contributed by atoms with Gasteiger partial charge < -0.3 is 20.2 Å². The summed E-state index contributed by atoms with van der Waals surface area (Å²) < 4.78 is 0. The van der Waals surface area contributed by atoms with E-state index in [1.54, 1.807) is 11.0 Å². The Balaban J connectivity index is 1.89. The summed E-state index contributed by atoms with van der Waals surface area (Å²) in [5.41, 5.74) is 3.60. The van der Waals surface area contributed by atoms with Gasteiger partial charge in [-0.3, -0.25) is 9.59 Å². The minimum atomic E-state index is -0.628. The van der Waals surface area contributed by atoms with Crippen molar-refractivity contribution in [1.29, 1.82) is 0 Å². The normalized spacial score (nSPS) is 16.8. The van der Waals surface area contributed by atoms with Crippen LogP contribution in [0, 0.1) is 0 Å². The Labute approximate surface area is 159 Å². The predicted molar refractivity (Wildman–Crippen MR) is 106 cm³/mol. The van der Waals surface area contributed by atoms with Gasteiger partial charge in [0.1, 0.15) is 6.04 Å². The summed E-state index contributed by atoms with van der Waals surface area (Å²) in [6, 6.07) is 14.9. The lowest BCUT2D eigenvalue weighted by atomic mass is 10.0. The summed E-state index contributed by atoms with van der Waals surface area (Å²) in [4.78, 5) is 28.7. The molecule has 2 aromatic carbocycles. The lowest BCUT2D eigenvalue weighted by molar-refractivity contribution is -0.128. The monoisotopic (exact) mass is 367 g/mol. The predicted octanol–water partition coefficient (Wildman–Crippen LogP) is 1.74. The molecule has 0 spiro atoms. The van der Waals surface area contributed by atoms with E-state index >= 15 is 0 Å². The van der Waals surface area contributed by atoms with E-state index in [0.717, 1.165) is 16.8 Å². The highest BCUT2D eigenvalue weighted by Crippen LogP contribution is 2.25. The molecule has 2 N–H and O–H groups in total. The fourth-order valence-corrected chi connectivity index (χ4v) is 3.33. The minimum Gasteiger partial charge on any atom is -0.396 e. The van der Waals surface area contributed by atoms with Gasteiger partial charge in [0, 0.05) is 45.0 Å². The van der Waals surface area contributed by atoms with Crippen molar-refractivity contribution in [2.45, 2.75) is 12.5 Å². The number of benzene rings is 2. The quantitative estimate of drug-likeness (QED) is 0.844. The number of hydrogen-bond donors (Lipinski definition) is 2. The van der Waals surface area contributed by atoms with Crippen LogP contribution in [0.4, 0.5) is 5.69 Å². The number of aliphatic hydroxyl groups excluding tert-OH is 1. The van der Waals surface area contributed by atoms with Crippen LogP contribution in [0.25, 0.3) is 11.1 Å². The Morgan fingerprint density at radius 2 is 1.89 bits per heavy atom. The van der Waals surface area contributed by atoms with Gasteiger partial charge in [-0.2, -0.15) is 0 Å². The molecule has 0 aliphatic carbocycles. The molecule has 1 heterocycles.